The minimum atomic E-state index is -4.58. The fourth-order valence-electron chi connectivity index (χ4n) is 6.46. The van der Waals surface area contributed by atoms with E-state index in [0.717, 1.165) is 37.3 Å². The number of carbonyl (C=O) groups excluding carboxylic acids is 1. The first-order valence-electron chi connectivity index (χ1n) is 14.4. The summed E-state index contributed by atoms with van der Waals surface area (Å²) in [6.45, 7) is 5.37. The van der Waals surface area contributed by atoms with E-state index in [1.807, 2.05) is 23.7 Å². The molecule has 1 aromatic carbocycles. The summed E-state index contributed by atoms with van der Waals surface area (Å²) in [6.07, 6.45) is -0.232. The van der Waals surface area contributed by atoms with Gasteiger partial charge in [0.1, 0.15) is 18.0 Å². The molecule has 12 heteroatoms. The largest absolute Gasteiger partial charge is 0.416 e. The molecule has 2 fully saturated rings. The Kier molecular flexibility index (Phi) is 7.57. The normalized spacial score (nSPS) is 20.6. The number of rotatable bonds is 8. The second-order valence-corrected chi connectivity index (χ2v) is 12.1. The third-order valence-electron chi connectivity index (χ3n) is 8.72. The molecule has 3 aliphatic heterocycles. The number of aromatic nitrogens is 4. The Labute approximate surface area is 243 Å². The van der Waals surface area contributed by atoms with Gasteiger partial charge in [0.05, 0.1) is 31.0 Å². The molecule has 3 aliphatic rings. The van der Waals surface area contributed by atoms with Gasteiger partial charge in [0.25, 0.3) is 5.91 Å². The zero-order valence-electron chi connectivity index (χ0n) is 24.2. The lowest BCUT2D eigenvalue weighted by atomic mass is 9.75. The summed E-state index contributed by atoms with van der Waals surface area (Å²) < 4.78 is 50.6. The van der Waals surface area contributed by atoms with Gasteiger partial charge in [0, 0.05) is 44.1 Å². The number of piperidine rings is 1. The number of halogens is 3. The predicted octanol–water partition coefficient (Wildman–Crippen LogP) is 3.85. The molecule has 224 valence electrons. The van der Waals surface area contributed by atoms with Crippen LogP contribution >= 0.6 is 0 Å². The van der Waals surface area contributed by atoms with Crippen LogP contribution in [-0.2, 0) is 49.4 Å². The van der Waals surface area contributed by atoms with Crippen LogP contribution in [0.25, 0.3) is 0 Å². The van der Waals surface area contributed by atoms with Crippen LogP contribution in [0.1, 0.15) is 63.9 Å². The van der Waals surface area contributed by atoms with Crippen LogP contribution in [-0.4, -0.2) is 63.9 Å². The van der Waals surface area contributed by atoms with Crippen molar-refractivity contribution in [2.24, 2.45) is 13.0 Å². The van der Waals surface area contributed by atoms with Crippen LogP contribution < -0.4 is 10.2 Å². The molecule has 5 heterocycles. The van der Waals surface area contributed by atoms with Gasteiger partial charge in [-0.2, -0.15) is 13.2 Å². The number of pyridine rings is 1. The monoisotopic (exact) mass is 583 g/mol. The minimum absolute atomic E-state index is 0.00593. The molecule has 0 bridgehead atoms. The lowest BCUT2D eigenvalue weighted by Gasteiger charge is -2.42. The Morgan fingerprint density at radius 2 is 2.00 bits per heavy atom. The minimum Gasteiger partial charge on any atom is -0.379 e. The van der Waals surface area contributed by atoms with Crippen LogP contribution in [0.5, 0.6) is 0 Å². The summed E-state index contributed by atoms with van der Waals surface area (Å²) in [6, 6.07) is 6.68. The number of alkyl halides is 3. The lowest BCUT2D eigenvalue weighted by Crippen LogP contribution is -2.49. The van der Waals surface area contributed by atoms with Crippen molar-refractivity contribution in [1.29, 1.82) is 0 Å². The average Bonchev–Trinajstić information content (AvgIpc) is 3.47. The Balaban J connectivity index is 1.36. The van der Waals surface area contributed by atoms with Crippen LogP contribution in [0.2, 0.25) is 0 Å². The highest BCUT2D eigenvalue weighted by Gasteiger charge is 2.44. The highest BCUT2D eigenvalue weighted by atomic mass is 19.4. The predicted molar refractivity (Wildman–Crippen MR) is 150 cm³/mol. The number of benzene rings is 1. The number of anilines is 1. The SMILES string of the molecule is CNCc1cc(C2(Cc3nncn3C)COC2)cc(N2Cc3c(cc(CN4CCC[C@H](C)C4)cc3C(F)(F)F)C2=O)n1. The Morgan fingerprint density at radius 1 is 1.19 bits per heavy atom. The molecule has 9 nitrogen and oxygen atoms in total. The van der Waals surface area contributed by atoms with E-state index in [4.69, 9.17) is 9.72 Å². The number of likely N-dealkylation sites (tertiary alicyclic amines) is 1. The van der Waals surface area contributed by atoms with Crippen molar-refractivity contribution < 1.29 is 22.7 Å². The van der Waals surface area contributed by atoms with Gasteiger partial charge in [0.15, 0.2) is 0 Å². The zero-order chi connectivity index (χ0) is 29.6. The quantitative estimate of drug-likeness (QED) is 0.431. The smallest absolute Gasteiger partial charge is 0.379 e. The number of hydrogen-bond acceptors (Lipinski definition) is 7. The van der Waals surface area contributed by atoms with E-state index >= 15 is 0 Å². The molecule has 1 amide bonds. The van der Waals surface area contributed by atoms with Crippen molar-refractivity contribution in [3.05, 3.63) is 69.9 Å². The number of ether oxygens (including phenoxy) is 1. The average molecular weight is 584 g/mol. The molecule has 0 unspecified atom stereocenters. The molecular weight excluding hydrogens is 547 g/mol. The van der Waals surface area contributed by atoms with Crippen molar-refractivity contribution in [2.75, 3.05) is 38.3 Å². The second-order valence-electron chi connectivity index (χ2n) is 12.1. The van der Waals surface area contributed by atoms with Crippen LogP contribution in [0.15, 0.2) is 30.6 Å². The van der Waals surface area contributed by atoms with E-state index in [1.165, 1.54) is 11.0 Å². The number of aryl methyl sites for hydroxylation is 1. The molecule has 0 radical (unpaired) electrons. The van der Waals surface area contributed by atoms with E-state index in [0.29, 0.717) is 55.7 Å². The van der Waals surface area contributed by atoms with Gasteiger partial charge in [-0.1, -0.05) is 6.92 Å². The second kappa shape index (κ2) is 11.1. The van der Waals surface area contributed by atoms with Gasteiger partial charge >= 0.3 is 6.18 Å². The maximum atomic E-state index is 14.4. The summed E-state index contributed by atoms with van der Waals surface area (Å²) in [7, 11) is 3.68. The van der Waals surface area contributed by atoms with Crippen molar-refractivity contribution in [1.82, 2.24) is 30.0 Å². The maximum Gasteiger partial charge on any atom is 0.416 e. The summed E-state index contributed by atoms with van der Waals surface area (Å²) in [5.74, 6) is 1.16. The van der Waals surface area contributed by atoms with Gasteiger partial charge in [-0.25, -0.2) is 4.98 Å². The van der Waals surface area contributed by atoms with E-state index in [1.54, 1.807) is 19.4 Å². The lowest BCUT2D eigenvalue weighted by molar-refractivity contribution is -0.138. The van der Waals surface area contributed by atoms with Gasteiger partial charge < -0.3 is 14.6 Å². The molecule has 3 aromatic rings. The van der Waals surface area contributed by atoms with E-state index in [2.05, 4.69) is 27.3 Å². The summed E-state index contributed by atoms with van der Waals surface area (Å²) in [4.78, 5) is 22.1. The number of carbonyl (C=O) groups is 1. The molecule has 1 N–H and O–H groups in total. The highest BCUT2D eigenvalue weighted by Crippen LogP contribution is 2.41. The van der Waals surface area contributed by atoms with E-state index in [-0.39, 0.29) is 17.7 Å². The fraction of sp³-hybridized carbons (Fsp3) is 0.533. The first kappa shape index (κ1) is 28.8. The summed E-state index contributed by atoms with van der Waals surface area (Å²) >= 11 is 0. The number of nitrogens with one attached hydrogen (secondary N) is 1. The standard InChI is InChI=1S/C30H36F3N7O2/c1-19-5-4-6-39(13-19)14-20-7-23-24(25(8-20)30(31,32)33)15-40(28(23)41)26-10-21(9-22(36-26)12-34-2)29(16-42-17-29)11-27-37-35-18-38(27)3/h7-10,18-19,34H,4-6,11-17H2,1-3H3/t19-/m0/s1. The van der Waals surface area contributed by atoms with Crippen LogP contribution in [0.4, 0.5) is 19.0 Å². The third kappa shape index (κ3) is 5.43. The number of fused-ring (bicyclic) bond motifs is 1. The van der Waals surface area contributed by atoms with Gasteiger partial charge in [0.2, 0.25) is 0 Å². The number of amides is 1. The molecule has 42 heavy (non-hydrogen) atoms. The number of hydrogen-bond donors (Lipinski definition) is 1. The number of nitrogens with zero attached hydrogens (tertiary/aromatic N) is 6. The van der Waals surface area contributed by atoms with Crippen molar-refractivity contribution in [2.45, 2.75) is 57.4 Å². The molecular formula is C30H36F3N7O2. The molecule has 1 atom stereocenters. The van der Waals surface area contributed by atoms with Gasteiger partial charge in [-0.3, -0.25) is 14.6 Å². The Hall–Kier alpha value is -3.35. The molecule has 0 aliphatic carbocycles. The molecule has 0 spiro atoms. The van der Waals surface area contributed by atoms with E-state index in [9.17, 15) is 18.0 Å². The molecule has 6 rings (SSSR count). The van der Waals surface area contributed by atoms with Crippen molar-refractivity contribution in [3.8, 4) is 0 Å². The van der Waals surface area contributed by atoms with Gasteiger partial charge in [-0.05, 0) is 73.3 Å². The summed E-state index contributed by atoms with van der Waals surface area (Å²) in [5, 5.41) is 11.3. The van der Waals surface area contributed by atoms with Crippen LogP contribution in [0.3, 0.4) is 0 Å². The Morgan fingerprint density at radius 3 is 2.64 bits per heavy atom. The fourth-order valence-corrected chi connectivity index (χ4v) is 6.46. The van der Waals surface area contributed by atoms with Crippen LogP contribution in [0, 0.1) is 5.92 Å². The zero-order valence-corrected chi connectivity index (χ0v) is 24.2. The molecule has 2 aromatic heterocycles. The van der Waals surface area contributed by atoms with E-state index < -0.39 is 23.1 Å². The molecule has 2 saturated heterocycles. The summed E-state index contributed by atoms with van der Waals surface area (Å²) in [5.41, 5.74) is 1.07. The highest BCUT2D eigenvalue weighted by molar-refractivity contribution is 6.10. The van der Waals surface area contributed by atoms with Crippen molar-refractivity contribution >= 4 is 11.7 Å². The Bertz CT molecular complexity index is 1480. The van der Waals surface area contributed by atoms with Gasteiger partial charge in [-0.15, -0.1) is 10.2 Å². The first-order valence-corrected chi connectivity index (χ1v) is 14.4. The third-order valence-corrected chi connectivity index (χ3v) is 8.72. The first-order chi connectivity index (χ1) is 20.1. The van der Waals surface area contributed by atoms with Crippen molar-refractivity contribution in [3.63, 3.8) is 0 Å². The maximum absolute atomic E-state index is 14.4. The molecule has 0 saturated carbocycles. The topological polar surface area (TPSA) is 88.4 Å².